The maximum atomic E-state index is 9.51. The van der Waals surface area contributed by atoms with E-state index in [0.29, 0.717) is 13.2 Å². The molecule has 1 N–H and O–H groups in total. The van der Waals surface area contributed by atoms with Crippen LogP contribution >= 0.6 is 0 Å². The van der Waals surface area contributed by atoms with E-state index in [2.05, 4.69) is 0 Å². The molecule has 0 spiro atoms. The average Bonchev–Trinajstić information content (AvgIpc) is 2.64. The van der Waals surface area contributed by atoms with Crippen LogP contribution < -0.4 is 9.47 Å². The van der Waals surface area contributed by atoms with Gasteiger partial charge >= 0.3 is 0 Å². The molecule has 2 aliphatic heterocycles. The number of aliphatic hydroxyl groups is 1. The molecule has 0 unspecified atom stereocenters. The van der Waals surface area contributed by atoms with Gasteiger partial charge in [0, 0.05) is 0 Å². The second kappa shape index (κ2) is 3.37. The zero-order valence-electron chi connectivity index (χ0n) is 9.16. The number of ether oxygens (including phenoxy) is 3. The second-order valence-corrected chi connectivity index (χ2v) is 4.45. The normalized spacial score (nSPS) is 20.6. The van der Waals surface area contributed by atoms with Crippen LogP contribution in [0.5, 0.6) is 11.5 Å². The highest BCUT2D eigenvalue weighted by atomic mass is 16.7. The van der Waals surface area contributed by atoms with Crippen molar-refractivity contribution in [2.75, 3.05) is 26.6 Å². The van der Waals surface area contributed by atoms with Crippen molar-refractivity contribution in [1.82, 2.24) is 0 Å². The summed E-state index contributed by atoms with van der Waals surface area (Å²) in [7, 11) is 0. The van der Waals surface area contributed by atoms with Crippen LogP contribution in [0.4, 0.5) is 0 Å². The molecule has 0 aliphatic carbocycles. The lowest BCUT2D eigenvalue weighted by Gasteiger charge is -2.41. The van der Waals surface area contributed by atoms with Crippen molar-refractivity contribution in [1.29, 1.82) is 0 Å². The van der Waals surface area contributed by atoms with Crippen LogP contribution in [0.3, 0.4) is 0 Å². The average molecular weight is 222 g/mol. The predicted molar refractivity (Wildman–Crippen MR) is 56.9 cm³/mol. The first kappa shape index (κ1) is 9.93. The van der Waals surface area contributed by atoms with Crippen LogP contribution in [0.2, 0.25) is 0 Å². The van der Waals surface area contributed by atoms with E-state index in [-0.39, 0.29) is 18.8 Å². The Morgan fingerprint density at radius 3 is 2.50 bits per heavy atom. The Morgan fingerprint density at radius 1 is 1.25 bits per heavy atom. The molecule has 2 aliphatic rings. The maximum absolute atomic E-state index is 9.51. The highest BCUT2D eigenvalue weighted by Crippen LogP contribution is 2.41. The SMILES string of the molecule is Cc1cc2c(cc1C1(CO)COC1)OCO2. The molecule has 0 amide bonds. The lowest BCUT2D eigenvalue weighted by molar-refractivity contribution is -0.0844. The molecule has 1 aromatic rings. The van der Waals surface area contributed by atoms with Gasteiger partial charge in [-0.15, -0.1) is 0 Å². The molecular weight excluding hydrogens is 208 g/mol. The van der Waals surface area contributed by atoms with Gasteiger partial charge in [-0.05, 0) is 30.2 Å². The number of aliphatic hydroxyl groups excluding tert-OH is 1. The van der Waals surface area contributed by atoms with E-state index in [1.165, 1.54) is 0 Å². The van der Waals surface area contributed by atoms with Crippen LogP contribution in [-0.4, -0.2) is 31.7 Å². The van der Waals surface area contributed by atoms with Gasteiger partial charge in [0.05, 0.1) is 25.2 Å². The molecule has 0 aromatic heterocycles. The lowest BCUT2D eigenvalue weighted by atomic mass is 9.77. The van der Waals surface area contributed by atoms with E-state index in [1.807, 2.05) is 19.1 Å². The molecule has 1 saturated heterocycles. The van der Waals surface area contributed by atoms with E-state index >= 15 is 0 Å². The molecule has 0 saturated carbocycles. The van der Waals surface area contributed by atoms with Crippen LogP contribution in [0.25, 0.3) is 0 Å². The fourth-order valence-corrected chi connectivity index (χ4v) is 2.30. The fourth-order valence-electron chi connectivity index (χ4n) is 2.30. The predicted octanol–water partition coefficient (Wildman–Crippen LogP) is 0.984. The van der Waals surface area contributed by atoms with Crippen LogP contribution in [0.15, 0.2) is 12.1 Å². The van der Waals surface area contributed by atoms with Gasteiger partial charge in [-0.2, -0.15) is 0 Å². The summed E-state index contributed by atoms with van der Waals surface area (Å²) in [6, 6.07) is 3.93. The maximum Gasteiger partial charge on any atom is 0.231 e. The van der Waals surface area contributed by atoms with Gasteiger partial charge in [0.25, 0.3) is 0 Å². The third kappa shape index (κ3) is 1.23. The smallest absolute Gasteiger partial charge is 0.231 e. The number of rotatable bonds is 2. The van der Waals surface area contributed by atoms with Crippen molar-refractivity contribution >= 4 is 0 Å². The molecule has 0 atom stereocenters. The summed E-state index contributed by atoms with van der Waals surface area (Å²) in [5.74, 6) is 1.55. The molecule has 0 bridgehead atoms. The van der Waals surface area contributed by atoms with Crippen LogP contribution in [-0.2, 0) is 10.2 Å². The molecule has 0 radical (unpaired) electrons. The molecule has 1 aromatic carbocycles. The monoisotopic (exact) mass is 222 g/mol. The lowest BCUT2D eigenvalue weighted by Crippen LogP contribution is -2.50. The molecule has 1 fully saturated rings. The Labute approximate surface area is 93.7 Å². The van der Waals surface area contributed by atoms with E-state index in [0.717, 1.165) is 22.6 Å². The molecule has 2 heterocycles. The van der Waals surface area contributed by atoms with E-state index in [9.17, 15) is 5.11 Å². The summed E-state index contributed by atoms with van der Waals surface area (Å²) < 4.78 is 15.9. The van der Waals surface area contributed by atoms with Gasteiger partial charge in [0.15, 0.2) is 11.5 Å². The number of hydrogen-bond acceptors (Lipinski definition) is 4. The van der Waals surface area contributed by atoms with Crippen molar-refractivity contribution in [2.24, 2.45) is 0 Å². The van der Waals surface area contributed by atoms with Crippen molar-refractivity contribution < 1.29 is 19.3 Å². The highest BCUT2D eigenvalue weighted by Gasteiger charge is 2.41. The van der Waals surface area contributed by atoms with Gasteiger partial charge < -0.3 is 19.3 Å². The van der Waals surface area contributed by atoms with Gasteiger partial charge in [0.1, 0.15) is 0 Å². The standard InChI is InChI=1S/C12H14O4/c1-8-2-10-11(16-7-15-10)3-9(8)12(4-13)5-14-6-12/h2-3,13H,4-7H2,1H3. The minimum absolute atomic E-state index is 0.105. The Kier molecular flexibility index (Phi) is 2.09. The summed E-state index contributed by atoms with van der Waals surface area (Å²) in [6.07, 6.45) is 0. The van der Waals surface area contributed by atoms with Crippen molar-refractivity contribution in [3.63, 3.8) is 0 Å². The van der Waals surface area contributed by atoms with Gasteiger partial charge in [0.2, 0.25) is 6.79 Å². The third-order valence-corrected chi connectivity index (χ3v) is 3.35. The first-order valence-corrected chi connectivity index (χ1v) is 5.34. The molecular formula is C12H14O4. The first-order valence-electron chi connectivity index (χ1n) is 5.34. The van der Waals surface area contributed by atoms with Crippen LogP contribution in [0, 0.1) is 6.92 Å². The van der Waals surface area contributed by atoms with E-state index in [4.69, 9.17) is 14.2 Å². The molecule has 16 heavy (non-hydrogen) atoms. The highest BCUT2D eigenvalue weighted by molar-refractivity contribution is 5.51. The van der Waals surface area contributed by atoms with Gasteiger partial charge in [-0.1, -0.05) is 0 Å². The zero-order chi connectivity index (χ0) is 11.2. The zero-order valence-corrected chi connectivity index (χ0v) is 9.16. The first-order chi connectivity index (χ1) is 7.75. The Hall–Kier alpha value is -1.26. The minimum Gasteiger partial charge on any atom is -0.454 e. The van der Waals surface area contributed by atoms with E-state index in [1.54, 1.807) is 0 Å². The Morgan fingerprint density at radius 2 is 1.94 bits per heavy atom. The van der Waals surface area contributed by atoms with Crippen LogP contribution in [0.1, 0.15) is 11.1 Å². The number of fused-ring (bicyclic) bond motifs is 1. The summed E-state index contributed by atoms with van der Waals surface area (Å²) in [6.45, 7) is 3.55. The molecule has 4 nitrogen and oxygen atoms in total. The molecule has 3 rings (SSSR count). The summed E-state index contributed by atoms with van der Waals surface area (Å²) in [4.78, 5) is 0. The number of hydrogen-bond donors (Lipinski definition) is 1. The molecule has 4 heteroatoms. The number of aryl methyl sites for hydroxylation is 1. The summed E-state index contributed by atoms with van der Waals surface area (Å²) in [5.41, 5.74) is 1.97. The van der Waals surface area contributed by atoms with Crippen molar-refractivity contribution in [2.45, 2.75) is 12.3 Å². The Balaban J connectivity index is 2.07. The van der Waals surface area contributed by atoms with Gasteiger partial charge in [-0.25, -0.2) is 0 Å². The topological polar surface area (TPSA) is 47.9 Å². The second-order valence-electron chi connectivity index (χ2n) is 4.45. The number of benzene rings is 1. The largest absolute Gasteiger partial charge is 0.454 e. The van der Waals surface area contributed by atoms with Gasteiger partial charge in [-0.3, -0.25) is 0 Å². The third-order valence-electron chi connectivity index (χ3n) is 3.35. The molecule has 86 valence electrons. The van der Waals surface area contributed by atoms with Crippen molar-refractivity contribution in [3.05, 3.63) is 23.3 Å². The minimum atomic E-state index is -0.245. The van der Waals surface area contributed by atoms with Crippen molar-refractivity contribution in [3.8, 4) is 11.5 Å². The summed E-state index contributed by atoms with van der Waals surface area (Å²) in [5, 5.41) is 9.51. The quantitative estimate of drug-likeness (QED) is 0.810. The Bertz CT molecular complexity index is 418. The van der Waals surface area contributed by atoms with E-state index < -0.39 is 0 Å². The fraction of sp³-hybridized carbons (Fsp3) is 0.500. The summed E-state index contributed by atoms with van der Waals surface area (Å²) >= 11 is 0.